The third kappa shape index (κ3) is 4.20. The van der Waals surface area contributed by atoms with Crippen LogP contribution in [0.5, 0.6) is 0 Å². The van der Waals surface area contributed by atoms with Crippen LogP contribution in [0.2, 0.25) is 0 Å². The number of rotatable bonds is 7. The second kappa shape index (κ2) is 10.5. The number of unbranched alkanes of at least 4 members (excludes halogenated alkanes) is 1. The summed E-state index contributed by atoms with van der Waals surface area (Å²) in [6.45, 7) is 3.23. The van der Waals surface area contributed by atoms with Gasteiger partial charge in [-0.15, -0.1) is 0 Å². The molecule has 0 saturated carbocycles. The van der Waals surface area contributed by atoms with Crippen molar-refractivity contribution in [1.29, 1.82) is 0 Å². The van der Waals surface area contributed by atoms with Gasteiger partial charge < -0.3 is 14.0 Å². The monoisotopic (exact) mass is 555 g/mol. The molecule has 6 aromatic carbocycles. The zero-order valence-electron chi connectivity index (χ0n) is 24.3. The topological polar surface area (TPSA) is 13.1 Å². The summed E-state index contributed by atoms with van der Waals surface area (Å²) in [6, 6.07) is 52.9. The molecule has 8 rings (SSSR count). The largest absolute Gasteiger partial charge is 0.341 e. The molecule has 3 nitrogen and oxygen atoms in total. The quantitative estimate of drug-likeness (QED) is 0.191. The maximum Gasteiger partial charge on any atom is 0.0541 e. The molecule has 0 radical (unpaired) electrons. The van der Waals surface area contributed by atoms with E-state index in [2.05, 4.69) is 167 Å². The van der Waals surface area contributed by atoms with Crippen LogP contribution in [0.25, 0.3) is 55.0 Å². The molecule has 0 amide bonds. The highest BCUT2D eigenvalue weighted by Crippen LogP contribution is 2.35. The van der Waals surface area contributed by atoms with Gasteiger partial charge in [0.2, 0.25) is 0 Å². The summed E-state index contributed by atoms with van der Waals surface area (Å²) in [5.74, 6) is 0. The number of aromatic nitrogens is 2. The molecule has 0 saturated heterocycles. The smallest absolute Gasteiger partial charge is 0.0541 e. The van der Waals surface area contributed by atoms with Gasteiger partial charge in [0.1, 0.15) is 0 Å². The Morgan fingerprint density at radius 2 is 0.744 bits per heavy atom. The molecule has 2 heterocycles. The van der Waals surface area contributed by atoms with E-state index in [1.54, 1.807) is 0 Å². The van der Waals surface area contributed by atoms with Gasteiger partial charge >= 0.3 is 0 Å². The summed E-state index contributed by atoms with van der Waals surface area (Å²) in [6.07, 6.45) is 2.28. The number of anilines is 2. The van der Waals surface area contributed by atoms with Crippen molar-refractivity contribution >= 4 is 55.0 Å². The number of para-hydroxylation sites is 4. The Labute approximate surface area is 251 Å². The molecule has 0 bridgehead atoms. The van der Waals surface area contributed by atoms with E-state index < -0.39 is 0 Å². The van der Waals surface area contributed by atoms with Crippen molar-refractivity contribution in [2.75, 3.05) is 11.4 Å². The average Bonchev–Trinajstić information content (AvgIpc) is 3.59. The van der Waals surface area contributed by atoms with E-state index in [0.29, 0.717) is 0 Å². The Balaban J connectivity index is 1.18. The van der Waals surface area contributed by atoms with Gasteiger partial charge in [-0.2, -0.15) is 0 Å². The molecule has 0 fully saturated rings. The van der Waals surface area contributed by atoms with Gasteiger partial charge in [0.15, 0.2) is 0 Å². The SMILES string of the molecule is CCCCN(c1ccc(-n2c3ccccc3c3ccccc32)cc1)c1ccc(-n2c3ccccc3c3ccccc32)cc1. The molecule has 0 spiro atoms. The van der Waals surface area contributed by atoms with Crippen LogP contribution in [0, 0.1) is 0 Å². The predicted octanol–water partition coefficient (Wildman–Crippen LogP) is 10.8. The minimum absolute atomic E-state index is 0.972. The molecule has 0 aliphatic rings. The Kier molecular flexibility index (Phi) is 6.22. The fourth-order valence-electron chi connectivity index (χ4n) is 6.69. The summed E-state index contributed by atoms with van der Waals surface area (Å²) in [7, 11) is 0. The van der Waals surface area contributed by atoms with Crippen LogP contribution < -0.4 is 4.90 Å². The van der Waals surface area contributed by atoms with E-state index in [1.807, 2.05) is 0 Å². The Bertz CT molecular complexity index is 1950. The molecular weight excluding hydrogens is 522 g/mol. The lowest BCUT2D eigenvalue weighted by molar-refractivity contribution is 0.785. The predicted molar refractivity (Wildman–Crippen MR) is 183 cm³/mol. The first kappa shape index (κ1) is 25.4. The maximum absolute atomic E-state index is 2.45. The van der Waals surface area contributed by atoms with Crippen molar-refractivity contribution in [2.45, 2.75) is 19.8 Å². The maximum atomic E-state index is 2.45. The van der Waals surface area contributed by atoms with Crippen LogP contribution in [0.4, 0.5) is 11.4 Å². The normalized spacial score (nSPS) is 11.7. The Morgan fingerprint density at radius 3 is 1.07 bits per heavy atom. The lowest BCUT2D eigenvalue weighted by Gasteiger charge is -2.26. The molecule has 2 aromatic heterocycles. The molecule has 0 aliphatic heterocycles. The minimum atomic E-state index is 0.972. The molecule has 43 heavy (non-hydrogen) atoms. The summed E-state index contributed by atoms with van der Waals surface area (Å²) in [5.41, 5.74) is 9.72. The molecule has 208 valence electrons. The van der Waals surface area contributed by atoms with Crippen LogP contribution >= 0.6 is 0 Å². The average molecular weight is 556 g/mol. The molecule has 0 unspecified atom stereocenters. The first-order valence-electron chi connectivity index (χ1n) is 15.3. The van der Waals surface area contributed by atoms with Gasteiger partial charge in [-0.05, 0) is 79.2 Å². The van der Waals surface area contributed by atoms with E-state index in [0.717, 1.165) is 19.4 Å². The fraction of sp³-hybridized carbons (Fsp3) is 0.100. The highest BCUT2D eigenvalue weighted by molar-refractivity contribution is 6.10. The summed E-state index contributed by atoms with van der Waals surface area (Å²) >= 11 is 0. The summed E-state index contributed by atoms with van der Waals surface area (Å²) < 4.78 is 4.76. The van der Waals surface area contributed by atoms with Gasteiger partial charge in [0.05, 0.1) is 22.1 Å². The number of hydrogen-bond acceptors (Lipinski definition) is 1. The minimum Gasteiger partial charge on any atom is -0.341 e. The number of hydrogen-bond donors (Lipinski definition) is 0. The van der Waals surface area contributed by atoms with E-state index in [1.165, 1.54) is 66.4 Å². The van der Waals surface area contributed by atoms with Crippen LogP contribution in [-0.4, -0.2) is 15.7 Å². The third-order valence-electron chi connectivity index (χ3n) is 8.73. The van der Waals surface area contributed by atoms with E-state index >= 15 is 0 Å². The van der Waals surface area contributed by atoms with E-state index in [-0.39, 0.29) is 0 Å². The second-order valence-corrected chi connectivity index (χ2v) is 11.3. The van der Waals surface area contributed by atoms with Gasteiger partial charge in [-0.25, -0.2) is 0 Å². The van der Waals surface area contributed by atoms with Crippen molar-refractivity contribution in [3.63, 3.8) is 0 Å². The molecular formula is C40H33N3. The molecule has 3 heteroatoms. The van der Waals surface area contributed by atoms with Crippen LogP contribution in [0.15, 0.2) is 146 Å². The Morgan fingerprint density at radius 1 is 0.419 bits per heavy atom. The molecule has 0 N–H and O–H groups in total. The zero-order valence-corrected chi connectivity index (χ0v) is 24.3. The number of benzene rings is 6. The van der Waals surface area contributed by atoms with Crippen molar-refractivity contribution < 1.29 is 0 Å². The summed E-state index contributed by atoms with van der Waals surface area (Å²) in [5, 5.41) is 5.15. The van der Waals surface area contributed by atoms with Crippen molar-refractivity contribution in [1.82, 2.24) is 9.13 Å². The van der Waals surface area contributed by atoms with Gasteiger partial charge in [0.25, 0.3) is 0 Å². The lowest BCUT2D eigenvalue weighted by Crippen LogP contribution is -2.18. The third-order valence-corrected chi connectivity index (χ3v) is 8.73. The second-order valence-electron chi connectivity index (χ2n) is 11.3. The van der Waals surface area contributed by atoms with Crippen molar-refractivity contribution in [3.8, 4) is 11.4 Å². The van der Waals surface area contributed by atoms with Crippen molar-refractivity contribution in [3.05, 3.63) is 146 Å². The number of fused-ring (bicyclic) bond motifs is 6. The van der Waals surface area contributed by atoms with Crippen LogP contribution in [-0.2, 0) is 0 Å². The first-order valence-corrected chi connectivity index (χ1v) is 15.3. The molecule has 8 aromatic rings. The van der Waals surface area contributed by atoms with E-state index in [4.69, 9.17) is 0 Å². The standard InChI is InChI=1S/C40H33N3/c1-2-3-28-41(29-20-24-31(25-21-29)42-37-16-8-4-12-33(37)34-13-5-9-17-38(34)42)30-22-26-32(27-23-30)43-39-18-10-6-14-35(39)36-15-7-11-19-40(36)43/h4-27H,2-3,28H2,1H3. The fourth-order valence-corrected chi connectivity index (χ4v) is 6.69. The molecule has 0 atom stereocenters. The molecule has 0 aliphatic carbocycles. The zero-order chi connectivity index (χ0) is 28.8. The Hall–Kier alpha value is -5.28. The summed E-state index contributed by atoms with van der Waals surface area (Å²) in [4.78, 5) is 2.45. The van der Waals surface area contributed by atoms with Gasteiger partial charge in [-0.3, -0.25) is 0 Å². The number of nitrogens with zero attached hydrogens (tertiary/aromatic N) is 3. The highest BCUT2D eigenvalue weighted by Gasteiger charge is 2.15. The van der Waals surface area contributed by atoms with Gasteiger partial charge in [-0.1, -0.05) is 86.1 Å². The van der Waals surface area contributed by atoms with Crippen LogP contribution in [0.1, 0.15) is 19.8 Å². The van der Waals surface area contributed by atoms with Crippen LogP contribution in [0.3, 0.4) is 0 Å². The highest BCUT2D eigenvalue weighted by atomic mass is 15.1. The van der Waals surface area contributed by atoms with E-state index in [9.17, 15) is 0 Å². The lowest BCUT2D eigenvalue weighted by atomic mass is 10.2. The van der Waals surface area contributed by atoms with Gasteiger partial charge in [0, 0.05) is 50.8 Å². The van der Waals surface area contributed by atoms with Crippen molar-refractivity contribution in [2.24, 2.45) is 0 Å². The first-order chi connectivity index (χ1) is 21.3.